The van der Waals surface area contributed by atoms with Gasteiger partial charge in [0, 0.05) is 9.50 Å². The second-order valence-electron chi connectivity index (χ2n) is 6.15. The number of hydrogen-bond acceptors (Lipinski definition) is 3. The maximum atomic E-state index is 12.3. The average Bonchev–Trinajstić information content (AvgIpc) is 2.78. The van der Waals surface area contributed by atoms with Crippen LogP contribution in [0.4, 0.5) is 5.69 Å². The van der Waals surface area contributed by atoms with E-state index in [9.17, 15) is 9.59 Å². The molecule has 0 saturated heterocycles. The third kappa shape index (κ3) is 3.31. The monoisotopic (exact) mass is 421 g/mol. The van der Waals surface area contributed by atoms with Crippen LogP contribution in [0, 0.1) is 20.8 Å². The maximum Gasteiger partial charge on any atom is 0.299 e. The molecule has 1 heterocycles. The van der Waals surface area contributed by atoms with Gasteiger partial charge in [-0.3, -0.25) is 9.59 Å². The summed E-state index contributed by atoms with van der Waals surface area (Å²) >= 11 is 9.61. The van der Waals surface area contributed by atoms with Crippen LogP contribution in [0.2, 0.25) is 5.02 Å². The van der Waals surface area contributed by atoms with Crippen LogP contribution >= 0.6 is 27.5 Å². The molecule has 4 nitrogen and oxygen atoms in total. The van der Waals surface area contributed by atoms with E-state index >= 15 is 0 Å². The zero-order chi connectivity index (χ0) is 18.3. The molecule has 2 aromatic carbocycles. The van der Waals surface area contributed by atoms with Crippen LogP contribution in [0.3, 0.4) is 0 Å². The standard InChI is InChI=1S/C19H17BrClNO3/c1-10-6-14-17(15(20)7-10)22(19(24)18(14)23)4-5-25-13-8-11(2)16(21)12(3)9-13/h6-9H,4-5H2,1-3H3. The van der Waals surface area contributed by atoms with Crippen LogP contribution in [0.5, 0.6) is 5.75 Å². The summed E-state index contributed by atoms with van der Waals surface area (Å²) in [6, 6.07) is 7.36. The lowest BCUT2D eigenvalue weighted by Gasteiger charge is -2.18. The number of hydrogen-bond donors (Lipinski definition) is 0. The van der Waals surface area contributed by atoms with Gasteiger partial charge < -0.3 is 9.64 Å². The molecule has 0 spiro atoms. The average molecular weight is 423 g/mol. The molecule has 1 amide bonds. The molecule has 0 fully saturated rings. The first-order valence-corrected chi connectivity index (χ1v) is 9.02. The van der Waals surface area contributed by atoms with E-state index in [2.05, 4.69) is 15.9 Å². The van der Waals surface area contributed by atoms with Gasteiger partial charge >= 0.3 is 0 Å². The quantitative estimate of drug-likeness (QED) is 0.675. The first-order valence-electron chi connectivity index (χ1n) is 7.85. The summed E-state index contributed by atoms with van der Waals surface area (Å²) in [4.78, 5) is 26.0. The molecule has 0 radical (unpaired) electrons. The normalized spacial score (nSPS) is 13.4. The van der Waals surface area contributed by atoms with Crippen LogP contribution in [0.25, 0.3) is 0 Å². The SMILES string of the molecule is Cc1cc(Br)c2c(c1)C(=O)C(=O)N2CCOc1cc(C)c(Cl)c(C)c1. The molecule has 1 aliphatic rings. The first-order chi connectivity index (χ1) is 11.8. The Morgan fingerprint density at radius 3 is 2.36 bits per heavy atom. The molecule has 0 aliphatic carbocycles. The van der Waals surface area contributed by atoms with Gasteiger partial charge in [0.25, 0.3) is 11.7 Å². The van der Waals surface area contributed by atoms with Gasteiger partial charge in [0.15, 0.2) is 0 Å². The van der Waals surface area contributed by atoms with Crippen LogP contribution in [-0.2, 0) is 4.79 Å². The molecule has 0 aromatic heterocycles. The number of rotatable bonds is 4. The molecule has 0 unspecified atom stereocenters. The molecular weight excluding hydrogens is 406 g/mol. The van der Waals surface area contributed by atoms with Gasteiger partial charge in [-0.2, -0.15) is 0 Å². The Kier molecular flexibility index (Phi) is 4.89. The number of Topliss-reactive ketones (excluding diaryl/α,β-unsaturated/α-hetero) is 1. The summed E-state index contributed by atoms with van der Waals surface area (Å²) in [7, 11) is 0. The van der Waals surface area contributed by atoms with Gasteiger partial charge in [-0.25, -0.2) is 0 Å². The highest BCUT2D eigenvalue weighted by Crippen LogP contribution is 2.37. The Morgan fingerprint density at radius 1 is 1.08 bits per heavy atom. The van der Waals surface area contributed by atoms with Crippen molar-refractivity contribution in [1.29, 1.82) is 0 Å². The Bertz CT molecular complexity index is 871. The van der Waals surface area contributed by atoms with Crippen LogP contribution in [-0.4, -0.2) is 24.8 Å². The molecular formula is C19H17BrClNO3. The summed E-state index contributed by atoms with van der Waals surface area (Å²) in [6.07, 6.45) is 0. The van der Waals surface area contributed by atoms with Gasteiger partial charge in [-0.15, -0.1) is 0 Å². The number of benzene rings is 2. The summed E-state index contributed by atoms with van der Waals surface area (Å²) in [5.41, 5.74) is 3.86. The zero-order valence-corrected chi connectivity index (χ0v) is 16.5. The molecule has 25 heavy (non-hydrogen) atoms. The summed E-state index contributed by atoms with van der Waals surface area (Å²) < 4.78 is 6.50. The van der Waals surface area contributed by atoms with E-state index in [0.717, 1.165) is 26.2 Å². The van der Waals surface area contributed by atoms with E-state index in [4.69, 9.17) is 16.3 Å². The van der Waals surface area contributed by atoms with Crippen molar-refractivity contribution in [3.8, 4) is 5.75 Å². The summed E-state index contributed by atoms with van der Waals surface area (Å²) in [6.45, 7) is 6.29. The minimum atomic E-state index is -0.520. The largest absolute Gasteiger partial charge is 0.492 e. The molecule has 0 atom stereocenters. The van der Waals surface area contributed by atoms with E-state index in [1.807, 2.05) is 39.0 Å². The second-order valence-corrected chi connectivity index (χ2v) is 7.38. The fourth-order valence-electron chi connectivity index (χ4n) is 2.98. The third-order valence-electron chi connectivity index (χ3n) is 4.16. The van der Waals surface area contributed by atoms with Crippen LogP contribution in [0.15, 0.2) is 28.7 Å². The number of aryl methyl sites for hydroxylation is 3. The molecule has 6 heteroatoms. The molecule has 130 valence electrons. The fourth-order valence-corrected chi connectivity index (χ4v) is 3.88. The van der Waals surface area contributed by atoms with Crippen molar-refractivity contribution in [2.75, 3.05) is 18.1 Å². The minimum absolute atomic E-state index is 0.277. The molecule has 2 aromatic rings. The Balaban J connectivity index is 1.77. The smallest absolute Gasteiger partial charge is 0.299 e. The number of halogens is 2. The maximum absolute atomic E-state index is 12.3. The number of anilines is 1. The van der Waals surface area contributed by atoms with Gasteiger partial charge in [-0.05, 0) is 77.7 Å². The first kappa shape index (κ1) is 18.0. The summed E-state index contributed by atoms with van der Waals surface area (Å²) in [5, 5.41) is 0.723. The molecule has 0 bridgehead atoms. The van der Waals surface area contributed by atoms with E-state index in [-0.39, 0.29) is 6.61 Å². The predicted molar refractivity (Wildman–Crippen MR) is 102 cm³/mol. The highest BCUT2D eigenvalue weighted by molar-refractivity contribution is 9.10. The van der Waals surface area contributed by atoms with Crippen molar-refractivity contribution in [3.63, 3.8) is 0 Å². The van der Waals surface area contributed by atoms with Gasteiger partial charge in [0.05, 0.1) is 17.8 Å². The Morgan fingerprint density at radius 2 is 1.72 bits per heavy atom. The number of ether oxygens (including phenoxy) is 1. The van der Waals surface area contributed by atoms with Gasteiger partial charge in [0.2, 0.25) is 0 Å². The highest BCUT2D eigenvalue weighted by Gasteiger charge is 2.37. The number of ketones is 1. The van der Waals surface area contributed by atoms with E-state index in [1.165, 1.54) is 4.90 Å². The molecule has 3 rings (SSSR count). The van der Waals surface area contributed by atoms with Crippen LogP contribution < -0.4 is 9.64 Å². The Labute approximate surface area is 159 Å². The van der Waals surface area contributed by atoms with Crippen molar-refractivity contribution >= 4 is 44.9 Å². The molecule has 0 N–H and O–H groups in total. The lowest BCUT2D eigenvalue weighted by Crippen LogP contribution is -2.33. The number of carbonyl (C=O) groups is 2. The van der Waals surface area contributed by atoms with Crippen molar-refractivity contribution in [2.24, 2.45) is 0 Å². The van der Waals surface area contributed by atoms with Crippen LogP contribution in [0.1, 0.15) is 27.0 Å². The van der Waals surface area contributed by atoms with Crippen molar-refractivity contribution in [1.82, 2.24) is 0 Å². The lowest BCUT2D eigenvalue weighted by atomic mass is 10.1. The molecule has 1 aliphatic heterocycles. The number of amides is 1. The Hall–Kier alpha value is -1.85. The number of fused-ring (bicyclic) bond motifs is 1. The fraction of sp³-hybridized carbons (Fsp3) is 0.263. The third-order valence-corrected chi connectivity index (χ3v) is 5.36. The number of nitrogens with zero attached hydrogens (tertiary/aromatic N) is 1. The topological polar surface area (TPSA) is 46.6 Å². The van der Waals surface area contributed by atoms with E-state index < -0.39 is 11.7 Å². The predicted octanol–water partition coefficient (Wildman–Crippen LogP) is 4.64. The number of carbonyl (C=O) groups excluding carboxylic acids is 2. The van der Waals surface area contributed by atoms with Gasteiger partial charge in [0.1, 0.15) is 12.4 Å². The minimum Gasteiger partial charge on any atom is -0.492 e. The van der Waals surface area contributed by atoms with Crippen molar-refractivity contribution < 1.29 is 14.3 Å². The van der Waals surface area contributed by atoms with E-state index in [0.29, 0.717) is 23.5 Å². The summed E-state index contributed by atoms with van der Waals surface area (Å²) in [5.74, 6) is -0.300. The molecule has 0 saturated carbocycles. The second kappa shape index (κ2) is 6.81. The van der Waals surface area contributed by atoms with E-state index in [1.54, 1.807) is 6.07 Å². The lowest BCUT2D eigenvalue weighted by molar-refractivity contribution is -0.114. The van der Waals surface area contributed by atoms with Gasteiger partial charge in [-0.1, -0.05) is 11.6 Å². The zero-order valence-electron chi connectivity index (χ0n) is 14.2. The van der Waals surface area contributed by atoms with Crippen molar-refractivity contribution in [3.05, 3.63) is 56.0 Å². The highest BCUT2D eigenvalue weighted by atomic mass is 79.9. The van der Waals surface area contributed by atoms with Crippen molar-refractivity contribution in [2.45, 2.75) is 20.8 Å².